The molecule has 0 spiro atoms. The Balaban J connectivity index is 1.51. The number of hydrogen-bond donors (Lipinski definition) is 1. The minimum absolute atomic E-state index is 0.127. The van der Waals surface area contributed by atoms with Gasteiger partial charge in [-0.05, 0) is 60.8 Å². The average molecular weight is 571 g/mol. The van der Waals surface area contributed by atoms with E-state index in [1.165, 1.54) is 5.56 Å². The summed E-state index contributed by atoms with van der Waals surface area (Å²) < 4.78 is 2.88. The number of benzene rings is 3. The van der Waals surface area contributed by atoms with Crippen molar-refractivity contribution in [2.24, 2.45) is 7.05 Å². The topological polar surface area (TPSA) is 37.3 Å². The van der Waals surface area contributed by atoms with E-state index < -0.39 is 5.54 Å². The zero-order chi connectivity index (χ0) is 24.6. The number of aryl methyl sites for hydroxylation is 1. The minimum Gasteiger partial charge on any atom is -0.340 e. The molecule has 0 saturated carbocycles. The zero-order valence-electron chi connectivity index (χ0n) is 19.4. The van der Waals surface area contributed by atoms with Crippen molar-refractivity contribution < 1.29 is 4.79 Å². The van der Waals surface area contributed by atoms with E-state index in [2.05, 4.69) is 62.5 Å². The van der Waals surface area contributed by atoms with Gasteiger partial charge in [-0.15, -0.1) is 0 Å². The van der Waals surface area contributed by atoms with Gasteiger partial charge < -0.3 is 9.88 Å². The van der Waals surface area contributed by atoms with Gasteiger partial charge in [0.05, 0.1) is 15.6 Å². The van der Waals surface area contributed by atoms with Gasteiger partial charge in [0.15, 0.2) is 0 Å². The van der Waals surface area contributed by atoms with E-state index in [1.54, 1.807) is 6.07 Å². The van der Waals surface area contributed by atoms with E-state index in [9.17, 15) is 4.79 Å². The van der Waals surface area contributed by atoms with Crippen LogP contribution in [0.4, 0.5) is 0 Å². The fraction of sp³-hybridized carbons (Fsp3) is 0.250. The first kappa shape index (κ1) is 24.4. The van der Waals surface area contributed by atoms with Crippen LogP contribution in [0.2, 0.25) is 10.0 Å². The largest absolute Gasteiger partial charge is 0.340 e. The number of piperidine rings is 1. The summed E-state index contributed by atoms with van der Waals surface area (Å²) in [7, 11) is 1.88. The maximum absolute atomic E-state index is 13.8. The monoisotopic (exact) mass is 569 g/mol. The first-order chi connectivity index (χ1) is 16.9. The van der Waals surface area contributed by atoms with Crippen LogP contribution in [-0.4, -0.2) is 28.5 Å². The van der Waals surface area contributed by atoms with E-state index >= 15 is 0 Å². The lowest BCUT2D eigenvalue weighted by Crippen LogP contribution is -2.56. The maximum atomic E-state index is 13.8. The first-order valence-corrected chi connectivity index (χ1v) is 13.2. The Morgan fingerprint density at radius 1 is 1.06 bits per heavy atom. The van der Waals surface area contributed by atoms with Crippen molar-refractivity contribution in [2.45, 2.75) is 24.9 Å². The van der Waals surface area contributed by atoms with Gasteiger partial charge >= 0.3 is 0 Å². The smallest absolute Gasteiger partial charge is 0.268 e. The fourth-order valence-electron chi connectivity index (χ4n) is 5.17. The highest BCUT2D eigenvalue weighted by atomic mass is 79.9. The minimum atomic E-state index is -0.522. The molecule has 1 aliphatic rings. The van der Waals surface area contributed by atoms with Gasteiger partial charge in [-0.2, -0.15) is 0 Å². The van der Waals surface area contributed by atoms with Crippen molar-refractivity contribution in [3.63, 3.8) is 0 Å². The highest BCUT2D eigenvalue weighted by Gasteiger charge is 2.39. The SMILES string of the molecule is Cn1c(C(=O)NC2(c3cccc(Br)c3)CCCN(Cc3ccccc3)C2)cc2c(Cl)c(Cl)ccc21. The van der Waals surface area contributed by atoms with Crippen LogP contribution in [0, 0.1) is 0 Å². The molecule has 4 aromatic rings. The number of nitrogens with zero attached hydrogens (tertiary/aromatic N) is 2. The number of carbonyl (C=O) groups is 1. The van der Waals surface area contributed by atoms with E-state index in [0.29, 0.717) is 15.7 Å². The molecule has 180 valence electrons. The molecule has 1 saturated heterocycles. The Labute approximate surface area is 224 Å². The summed E-state index contributed by atoms with van der Waals surface area (Å²) in [6.07, 6.45) is 1.84. The number of carbonyl (C=O) groups excluding carboxylic acids is 1. The summed E-state index contributed by atoms with van der Waals surface area (Å²) in [4.78, 5) is 16.2. The van der Waals surface area contributed by atoms with Crippen LogP contribution in [0.25, 0.3) is 10.9 Å². The second kappa shape index (κ2) is 9.98. The molecule has 1 atom stereocenters. The lowest BCUT2D eigenvalue weighted by atomic mass is 9.81. The van der Waals surface area contributed by atoms with Crippen LogP contribution in [0.3, 0.4) is 0 Å². The Morgan fingerprint density at radius 3 is 2.63 bits per heavy atom. The third-order valence-corrected chi connectivity index (χ3v) is 8.21. The standard InChI is InChI=1S/C28H26BrCl2N3O/c1-33-24-12-11-23(30)26(31)22(24)16-25(33)27(35)32-28(20-9-5-10-21(29)15-20)13-6-14-34(18-28)17-19-7-3-2-4-8-19/h2-5,7-12,15-16H,6,13-14,17-18H2,1H3,(H,32,35). The van der Waals surface area contributed by atoms with Gasteiger partial charge in [-0.1, -0.05) is 81.6 Å². The van der Waals surface area contributed by atoms with Gasteiger partial charge in [0.1, 0.15) is 5.69 Å². The van der Waals surface area contributed by atoms with E-state index in [-0.39, 0.29) is 5.91 Å². The van der Waals surface area contributed by atoms with E-state index in [4.69, 9.17) is 23.2 Å². The number of hydrogen-bond acceptors (Lipinski definition) is 2. The summed E-state index contributed by atoms with van der Waals surface area (Å²) in [5.41, 5.74) is 3.27. The highest BCUT2D eigenvalue weighted by Crippen LogP contribution is 2.36. The molecule has 5 rings (SSSR count). The van der Waals surface area contributed by atoms with Gasteiger partial charge in [0.25, 0.3) is 5.91 Å². The normalized spacial score (nSPS) is 18.6. The molecular weight excluding hydrogens is 545 g/mol. The lowest BCUT2D eigenvalue weighted by molar-refractivity contribution is 0.0750. The quantitative estimate of drug-likeness (QED) is 0.276. The number of halogens is 3. The van der Waals surface area contributed by atoms with Gasteiger partial charge in [-0.25, -0.2) is 0 Å². The molecule has 1 N–H and O–H groups in total. The fourth-order valence-corrected chi connectivity index (χ4v) is 5.94. The van der Waals surface area contributed by atoms with E-state index in [1.807, 2.05) is 41.9 Å². The number of aromatic nitrogens is 1. The van der Waals surface area contributed by atoms with Crippen molar-refractivity contribution in [3.8, 4) is 0 Å². The number of nitrogens with one attached hydrogen (secondary N) is 1. The number of rotatable bonds is 5. The molecule has 1 aliphatic heterocycles. The summed E-state index contributed by atoms with van der Waals surface area (Å²) >= 11 is 16.3. The third kappa shape index (κ3) is 4.88. The van der Waals surface area contributed by atoms with Crippen LogP contribution in [0.1, 0.15) is 34.5 Å². The van der Waals surface area contributed by atoms with Crippen LogP contribution in [0.5, 0.6) is 0 Å². The summed E-state index contributed by atoms with van der Waals surface area (Å²) in [5, 5.41) is 5.16. The Morgan fingerprint density at radius 2 is 1.86 bits per heavy atom. The molecule has 35 heavy (non-hydrogen) atoms. The van der Waals surface area contributed by atoms with E-state index in [0.717, 1.165) is 53.4 Å². The van der Waals surface area contributed by atoms with Crippen molar-refractivity contribution in [1.82, 2.24) is 14.8 Å². The molecule has 0 aliphatic carbocycles. The second-order valence-corrected chi connectivity index (χ2v) is 10.9. The van der Waals surface area contributed by atoms with Crippen LogP contribution in [0.15, 0.2) is 77.3 Å². The molecule has 1 amide bonds. The Kier molecular flexibility index (Phi) is 6.95. The molecule has 1 unspecified atom stereocenters. The molecule has 0 radical (unpaired) electrons. The van der Waals surface area contributed by atoms with Crippen molar-refractivity contribution >= 4 is 55.9 Å². The first-order valence-electron chi connectivity index (χ1n) is 11.6. The molecule has 4 nitrogen and oxygen atoms in total. The van der Waals surface area contributed by atoms with Crippen LogP contribution < -0.4 is 5.32 Å². The molecule has 7 heteroatoms. The molecular formula is C28H26BrCl2N3O. The Bertz CT molecular complexity index is 1390. The zero-order valence-corrected chi connectivity index (χ0v) is 22.5. The average Bonchev–Trinajstić information content (AvgIpc) is 3.19. The lowest BCUT2D eigenvalue weighted by Gasteiger charge is -2.44. The van der Waals surface area contributed by atoms with Gasteiger partial charge in [-0.3, -0.25) is 9.69 Å². The second-order valence-electron chi connectivity index (χ2n) is 9.23. The number of amides is 1. The number of likely N-dealkylation sites (tertiary alicyclic amines) is 1. The summed E-state index contributed by atoms with van der Waals surface area (Å²) in [5.74, 6) is -0.127. The van der Waals surface area contributed by atoms with Crippen LogP contribution >= 0.6 is 39.1 Å². The van der Waals surface area contributed by atoms with Crippen LogP contribution in [-0.2, 0) is 19.1 Å². The predicted molar refractivity (Wildman–Crippen MR) is 147 cm³/mol. The summed E-state index contributed by atoms with van der Waals surface area (Å²) in [6, 6.07) is 24.2. The summed E-state index contributed by atoms with van der Waals surface area (Å²) in [6.45, 7) is 2.55. The molecule has 1 aromatic heterocycles. The maximum Gasteiger partial charge on any atom is 0.268 e. The van der Waals surface area contributed by atoms with Crippen molar-refractivity contribution in [2.75, 3.05) is 13.1 Å². The highest BCUT2D eigenvalue weighted by molar-refractivity contribution is 9.10. The molecule has 3 aromatic carbocycles. The third-order valence-electron chi connectivity index (χ3n) is 6.90. The molecule has 0 bridgehead atoms. The predicted octanol–water partition coefficient (Wildman–Crippen LogP) is 7.17. The Hall–Kier alpha value is -2.31. The number of fused-ring (bicyclic) bond motifs is 1. The van der Waals surface area contributed by atoms with Gasteiger partial charge in [0.2, 0.25) is 0 Å². The molecule has 2 heterocycles. The van der Waals surface area contributed by atoms with Gasteiger partial charge in [0, 0.05) is 35.5 Å². The molecule has 1 fully saturated rings. The van der Waals surface area contributed by atoms with Crippen molar-refractivity contribution in [1.29, 1.82) is 0 Å². The van der Waals surface area contributed by atoms with Crippen molar-refractivity contribution in [3.05, 3.63) is 104 Å².